The maximum absolute atomic E-state index is 14.3. The van der Waals surface area contributed by atoms with Crippen LogP contribution in [0.3, 0.4) is 0 Å². The molecule has 0 fully saturated rings. The van der Waals surface area contributed by atoms with E-state index in [9.17, 15) is 26.3 Å². The van der Waals surface area contributed by atoms with Crippen molar-refractivity contribution < 1.29 is 26.3 Å². The van der Waals surface area contributed by atoms with Gasteiger partial charge in [0.05, 0.1) is 0 Å². The molecule has 0 aromatic carbocycles. The van der Waals surface area contributed by atoms with Gasteiger partial charge in [-0.3, -0.25) is 0 Å². The number of halogens is 6. The summed E-state index contributed by atoms with van der Waals surface area (Å²) in [7, 11) is 1.07. The topological polar surface area (TPSA) is 3.24 Å². The molecule has 0 saturated heterocycles. The third kappa shape index (κ3) is 4.68. The Morgan fingerprint density at radius 1 is 1.17 bits per heavy atom. The van der Waals surface area contributed by atoms with Gasteiger partial charge in [-0.05, 0) is 30.0 Å². The van der Waals surface area contributed by atoms with Gasteiger partial charge in [0.1, 0.15) is 0 Å². The molecule has 0 amide bonds. The minimum atomic E-state index is -5.94. The van der Waals surface area contributed by atoms with Gasteiger partial charge in [0, 0.05) is 19.5 Å². The molecule has 1 nitrogen and oxygen atoms in total. The van der Waals surface area contributed by atoms with Gasteiger partial charge >= 0.3 is 12.1 Å². The fraction of sp³-hybridized carbons (Fsp3) is 0.750. The molecule has 1 aliphatic heterocycles. The monoisotopic (exact) mass is 375 g/mol. The normalized spacial score (nSPS) is 21.8. The molecule has 2 unspecified atom stereocenters. The Morgan fingerprint density at radius 2 is 1.75 bits per heavy atom. The first kappa shape index (κ1) is 21.3. The summed E-state index contributed by atoms with van der Waals surface area (Å²) in [6.07, 6.45) is -0.198. The van der Waals surface area contributed by atoms with Crippen LogP contribution in [0.1, 0.15) is 40.0 Å². The van der Waals surface area contributed by atoms with Gasteiger partial charge in [-0.2, -0.15) is 22.0 Å². The third-order valence-corrected chi connectivity index (χ3v) is 4.87. The van der Waals surface area contributed by atoms with Crippen LogP contribution in [0.25, 0.3) is 0 Å². The van der Waals surface area contributed by atoms with Crippen molar-refractivity contribution >= 4 is 9.24 Å². The first-order chi connectivity index (χ1) is 10.7. The van der Waals surface area contributed by atoms with Gasteiger partial charge in [0.2, 0.25) is 0 Å². The largest absolute Gasteiger partial charge is 0.457 e. The predicted molar refractivity (Wildman–Crippen MR) is 86.7 cm³/mol. The van der Waals surface area contributed by atoms with Gasteiger partial charge in [-0.25, -0.2) is 4.39 Å². The number of rotatable bonds is 6. The quantitative estimate of drug-likeness (QED) is 0.327. The molecule has 8 heteroatoms. The first-order valence-electron chi connectivity index (χ1n) is 7.77. The van der Waals surface area contributed by atoms with Gasteiger partial charge in [-0.15, -0.1) is 0 Å². The summed E-state index contributed by atoms with van der Waals surface area (Å²) in [4.78, 5) is 1.80. The molecule has 0 N–H and O–H groups in total. The lowest BCUT2D eigenvalue weighted by Crippen LogP contribution is -2.51. The van der Waals surface area contributed by atoms with Crippen LogP contribution in [0.15, 0.2) is 23.9 Å². The molecule has 1 rings (SSSR count). The molecular weight excluding hydrogens is 351 g/mol. The number of nitrogens with zero attached hydrogens (tertiary/aromatic N) is 1. The van der Waals surface area contributed by atoms with Crippen LogP contribution < -0.4 is 0 Å². The second-order valence-corrected chi connectivity index (χ2v) is 7.69. The van der Waals surface area contributed by atoms with Gasteiger partial charge in [-0.1, -0.05) is 42.2 Å². The Bertz CT molecular complexity index is 493. The molecule has 0 radical (unpaired) electrons. The van der Waals surface area contributed by atoms with Crippen molar-refractivity contribution in [1.29, 1.82) is 0 Å². The summed E-state index contributed by atoms with van der Waals surface area (Å²) in [5.74, 6) is -5.44. The van der Waals surface area contributed by atoms with Crippen LogP contribution in [0.5, 0.6) is 0 Å². The lowest BCUT2D eigenvalue weighted by Gasteiger charge is -2.41. The molecule has 24 heavy (non-hydrogen) atoms. The molecule has 0 aromatic rings. The van der Waals surface area contributed by atoms with E-state index >= 15 is 0 Å². The molecule has 0 aliphatic carbocycles. The summed E-state index contributed by atoms with van der Waals surface area (Å²) in [6, 6.07) is 0. The van der Waals surface area contributed by atoms with E-state index in [0.717, 1.165) is 15.7 Å². The van der Waals surface area contributed by atoms with E-state index in [1.807, 2.05) is 19.1 Å². The second-order valence-electron chi connectivity index (χ2n) is 6.77. The molecule has 0 bridgehead atoms. The Kier molecular flexibility index (Phi) is 6.46. The summed E-state index contributed by atoms with van der Waals surface area (Å²) in [6.45, 7) is 6.56. The van der Waals surface area contributed by atoms with Crippen molar-refractivity contribution in [1.82, 2.24) is 4.90 Å². The zero-order valence-corrected chi connectivity index (χ0v) is 15.2. The lowest BCUT2D eigenvalue weighted by molar-refractivity contribution is -0.310. The van der Waals surface area contributed by atoms with Crippen molar-refractivity contribution in [3.8, 4) is 0 Å². The van der Waals surface area contributed by atoms with E-state index in [-0.39, 0.29) is 5.57 Å². The predicted octanol–water partition coefficient (Wildman–Crippen LogP) is 5.70. The van der Waals surface area contributed by atoms with E-state index in [2.05, 4.69) is 0 Å². The van der Waals surface area contributed by atoms with Crippen LogP contribution in [0.4, 0.5) is 26.3 Å². The van der Waals surface area contributed by atoms with Crippen molar-refractivity contribution in [2.45, 2.75) is 57.5 Å². The third-order valence-electron chi connectivity index (χ3n) is 4.30. The summed E-state index contributed by atoms with van der Waals surface area (Å²) in [5, 5.41) is -3.78. The average molecular weight is 375 g/mol. The second kappa shape index (κ2) is 7.27. The minimum Gasteiger partial charge on any atom is -0.374 e. The minimum absolute atomic E-state index is 0.250. The van der Waals surface area contributed by atoms with Crippen molar-refractivity contribution in [3.63, 3.8) is 0 Å². The average Bonchev–Trinajstić information content (AvgIpc) is 2.41. The number of alkyl halides is 6. The molecule has 0 aromatic heterocycles. The van der Waals surface area contributed by atoms with Crippen LogP contribution >= 0.6 is 9.24 Å². The Labute approximate surface area is 141 Å². The van der Waals surface area contributed by atoms with Crippen LogP contribution in [-0.4, -0.2) is 35.5 Å². The van der Waals surface area contributed by atoms with E-state index in [4.69, 9.17) is 0 Å². The molecular formula is C16H24F6NP. The highest BCUT2D eigenvalue weighted by Gasteiger charge is 2.69. The molecule has 0 saturated carbocycles. The molecule has 2 atom stereocenters. The van der Waals surface area contributed by atoms with Crippen LogP contribution in [-0.2, 0) is 0 Å². The summed E-state index contributed by atoms with van der Waals surface area (Å²) in [5.41, 5.74) is -0.388. The maximum Gasteiger partial charge on any atom is 0.457 e. The first-order valence-corrected chi connectivity index (χ1v) is 8.35. The SMILES string of the molecule is CC/C=C\CN1C=C(CC(F)(P)C(F)(F)C(F)(F)F)C(C)(C)CC1. The highest BCUT2D eigenvalue weighted by Crippen LogP contribution is 2.53. The number of allylic oxidation sites excluding steroid dienone is 2. The molecule has 1 aliphatic rings. The smallest absolute Gasteiger partial charge is 0.374 e. The van der Waals surface area contributed by atoms with Crippen molar-refractivity contribution in [3.05, 3.63) is 23.9 Å². The molecule has 140 valence electrons. The van der Waals surface area contributed by atoms with E-state index in [1.165, 1.54) is 6.20 Å². The van der Waals surface area contributed by atoms with E-state index < -0.39 is 29.3 Å². The van der Waals surface area contributed by atoms with Crippen molar-refractivity contribution in [2.24, 2.45) is 5.41 Å². The molecule has 0 spiro atoms. The van der Waals surface area contributed by atoms with E-state index in [1.54, 1.807) is 18.7 Å². The maximum atomic E-state index is 14.3. The number of hydrogen-bond donors (Lipinski definition) is 0. The fourth-order valence-electron chi connectivity index (χ4n) is 2.47. The van der Waals surface area contributed by atoms with Crippen molar-refractivity contribution in [2.75, 3.05) is 13.1 Å². The summed E-state index contributed by atoms with van der Waals surface area (Å²) < 4.78 is 78.9. The fourth-order valence-corrected chi connectivity index (χ4v) is 2.86. The Morgan fingerprint density at radius 3 is 2.25 bits per heavy atom. The highest BCUT2D eigenvalue weighted by atomic mass is 31.0. The Balaban J connectivity index is 3.05. The van der Waals surface area contributed by atoms with Gasteiger partial charge in [0.25, 0.3) is 0 Å². The van der Waals surface area contributed by atoms with Crippen LogP contribution in [0, 0.1) is 5.41 Å². The van der Waals surface area contributed by atoms with Gasteiger partial charge < -0.3 is 4.90 Å². The van der Waals surface area contributed by atoms with E-state index in [0.29, 0.717) is 19.5 Å². The molecule has 1 heterocycles. The Hall–Kier alpha value is -0.710. The summed E-state index contributed by atoms with van der Waals surface area (Å²) >= 11 is 0. The number of hydrogen-bond acceptors (Lipinski definition) is 1. The zero-order chi connectivity index (χ0) is 18.8. The van der Waals surface area contributed by atoms with Gasteiger partial charge in [0.15, 0.2) is 5.41 Å². The highest BCUT2D eigenvalue weighted by molar-refractivity contribution is 7.18. The van der Waals surface area contributed by atoms with Crippen LogP contribution in [0.2, 0.25) is 0 Å². The lowest BCUT2D eigenvalue weighted by atomic mass is 9.76. The standard InChI is InChI=1S/C16H24F6NP/c1-4-5-6-8-23-9-7-13(2,3)12(11-23)10-14(17,24)15(18,19)16(20,21)22/h5-6,11H,4,7-10,24H2,1-3H3/b6-5-. The zero-order valence-electron chi connectivity index (χ0n) is 14.1.